The average Bonchev–Trinajstić information content (AvgIpc) is 3.27. The van der Waals surface area contributed by atoms with Crippen molar-refractivity contribution in [3.63, 3.8) is 0 Å². The van der Waals surface area contributed by atoms with Gasteiger partial charge in [0.25, 0.3) is 5.91 Å². The van der Waals surface area contributed by atoms with Gasteiger partial charge in [0.05, 0.1) is 18.0 Å². The number of nitrogens with one attached hydrogen (secondary N) is 1. The minimum Gasteiger partial charge on any atom is -0.461 e. The third-order valence-electron chi connectivity index (χ3n) is 5.04. The van der Waals surface area contributed by atoms with E-state index in [0.717, 1.165) is 23.4 Å². The highest BCUT2D eigenvalue weighted by Crippen LogP contribution is 2.27. The minimum atomic E-state index is -1.10. The molecule has 172 valence electrons. The van der Waals surface area contributed by atoms with Gasteiger partial charge < -0.3 is 10.1 Å². The van der Waals surface area contributed by atoms with Crippen molar-refractivity contribution in [2.75, 3.05) is 11.9 Å². The highest BCUT2D eigenvalue weighted by atomic mass is 19.2. The first kappa shape index (κ1) is 22.8. The fourth-order valence-electron chi connectivity index (χ4n) is 3.44. The SMILES string of the molecule is CCOC(=O)c1cc(-c2cccc(NC(=O)c3ccc(F)c(F)c3)c2)n(-c2cccc(C)c2)n1. The van der Waals surface area contributed by atoms with Crippen LogP contribution in [0.15, 0.2) is 72.8 Å². The van der Waals surface area contributed by atoms with E-state index >= 15 is 0 Å². The van der Waals surface area contributed by atoms with Crippen LogP contribution in [0.2, 0.25) is 0 Å². The number of hydrogen-bond donors (Lipinski definition) is 1. The van der Waals surface area contributed by atoms with E-state index in [1.54, 1.807) is 35.9 Å². The predicted octanol–water partition coefficient (Wildman–Crippen LogP) is 5.55. The van der Waals surface area contributed by atoms with Crippen LogP contribution in [-0.2, 0) is 4.74 Å². The van der Waals surface area contributed by atoms with Crippen LogP contribution in [0.4, 0.5) is 14.5 Å². The van der Waals surface area contributed by atoms with Gasteiger partial charge >= 0.3 is 5.97 Å². The predicted molar refractivity (Wildman–Crippen MR) is 124 cm³/mol. The molecule has 0 unspecified atom stereocenters. The first-order valence-corrected chi connectivity index (χ1v) is 10.6. The fraction of sp³-hybridized carbons (Fsp3) is 0.115. The first-order valence-electron chi connectivity index (χ1n) is 10.6. The number of carbonyl (C=O) groups is 2. The summed E-state index contributed by atoms with van der Waals surface area (Å²) in [4.78, 5) is 24.9. The number of hydrogen-bond acceptors (Lipinski definition) is 4. The van der Waals surface area contributed by atoms with Crippen molar-refractivity contribution in [3.8, 4) is 16.9 Å². The normalized spacial score (nSPS) is 10.7. The minimum absolute atomic E-state index is 0.0151. The Kier molecular flexibility index (Phi) is 6.49. The van der Waals surface area contributed by atoms with Crippen molar-refractivity contribution in [1.82, 2.24) is 9.78 Å². The largest absolute Gasteiger partial charge is 0.461 e. The van der Waals surface area contributed by atoms with E-state index in [1.807, 2.05) is 37.3 Å². The number of halogens is 2. The van der Waals surface area contributed by atoms with E-state index in [2.05, 4.69) is 10.4 Å². The Hall–Kier alpha value is -4.33. The molecule has 0 saturated carbocycles. The molecule has 1 aromatic heterocycles. The topological polar surface area (TPSA) is 73.2 Å². The van der Waals surface area contributed by atoms with Crippen LogP contribution in [0.1, 0.15) is 33.3 Å². The molecule has 3 aromatic carbocycles. The Morgan fingerprint density at radius 3 is 2.50 bits per heavy atom. The summed E-state index contributed by atoms with van der Waals surface area (Å²) in [5, 5.41) is 7.13. The number of esters is 1. The van der Waals surface area contributed by atoms with Crippen molar-refractivity contribution in [2.24, 2.45) is 0 Å². The van der Waals surface area contributed by atoms with Crippen LogP contribution < -0.4 is 5.32 Å². The van der Waals surface area contributed by atoms with Gasteiger partial charge in [-0.3, -0.25) is 4.79 Å². The van der Waals surface area contributed by atoms with Crippen LogP contribution in [-0.4, -0.2) is 28.3 Å². The van der Waals surface area contributed by atoms with Crippen LogP contribution in [0.3, 0.4) is 0 Å². The number of anilines is 1. The second-order valence-corrected chi connectivity index (χ2v) is 7.55. The molecule has 4 aromatic rings. The summed E-state index contributed by atoms with van der Waals surface area (Å²) in [6.07, 6.45) is 0. The summed E-state index contributed by atoms with van der Waals surface area (Å²) in [6.45, 7) is 3.89. The number of benzene rings is 3. The van der Waals surface area contributed by atoms with Gasteiger partial charge in [-0.15, -0.1) is 0 Å². The van der Waals surface area contributed by atoms with Gasteiger partial charge in [0, 0.05) is 16.8 Å². The lowest BCUT2D eigenvalue weighted by Gasteiger charge is -2.11. The van der Waals surface area contributed by atoms with Crippen LogP contribution in [0.25, 0.3) is 16.9 Å². The third kappa shape index (κ3) is 4.85. The van der Waals surface area contributed by atoms with Gasteiger partial charge in [0.2, 0.25) is 0 Å². The molecule has 1 heterocycles. The zero-order valence-corrected chi connectivity index (χ0v) is 18.5. The molecule has 0 atom stereocenters. The molecule has 0 saturated heterocycles. The maximum atomic E-state index is 13.5. The van der Waals surface area contributed by atoms with Gasteiger partial charge in [-0.05, 0) is 67.9 Å². The monoisotopic (exact) mass is 461 g/mol. The van der Waals surface area contributed by atoms with Crippen molar-refractivity contribution in [3.05, 3.63) is 101 Å². The van der Waals surface area contributed by atoms with Gasteiger partial charge in [0.1, 0.15) is 0 Å². The molecule has 1 amide bonds. The maximum absolute atomic E-state index is 13.5. The number of amides is 1. The van der Waals surface area contributed by atoms with E-state index in [0.29, 0.717) is 16.9 Å². The molecule has 4 rings (SSSR count). The molecule has 0 fully saturated rings. The highest BCUT2D eigenvalue weighted by Gasteiger charge is 2.18. The quantitative estimate of drug-likeness (QED) is 0.382. The van der Waals surface area contributed by atoms with Crippen LogP contribution in [0, 0.1) is 18.6 Å². The molecule has 0 aliphatic carbocycles. The zero-order chi connectivity index (χ0) is 24.2. The Labute approximate surface area is 194 Å². The van der Waals surface area contributed by atoms with E-state index in [9.17, 15) is 18.4 Å². The summed E-state index contributed by atoms with van der Waals surface area (Å²) >= 11 is 0. The van der Waals surface area contributed by atoms with Crippen LogP contribution >= 0.6 is 0 Å². The Morgan fingerprint density at radius 2 is 1.76 bits per heavy atom. The van der Waals surface area contributed by atoms with Gasteiger partial charge in [-0.2, -0.15) is 5.10 Å². The number of carbonyl (C=O) groups excluding carboxylic acids is 2. The van der Waals surface area contributed by atoms with Crippen molar-refractivity contribution in [2.45, 2.75) is 13.8 Å². The Balaban J connectivity index is 1.71. The molecular formula is C26H21F2N3O3. The molecule has 6 nitrogen and oxygen atoms in total. The molecule has 8 heteroatoms. The standard InChI is InChI=1S/C26H21F2N3O3/c1-3-34-26(33)23-15-24(31(30-23)20-9-4-6-16(2)12-20)17-7-5-8-19(13-17)29-25(32)18-10-11-21(27)22(28)14-18/h4-15H,3H2,1-2H3,(H,29,32). The number of aromatic nitrogens is 2. The number of rotatable bonds is 6. The maximum Gasteiger partial charge on any atom is 0.358 e. The summed E-state index contributed by atoms with van der Waals surface area (Å²) in [6, 6.07) is 19.1. The Bertz CT molecular complexity index is 1380. The number of aryl methyl sites for hydroxylation is 1. The lowest BCUT2D eigenvalue weighted by Crippen LogP contribution is -2.12. The molecule has 0 bridgehead atoms. The molecule has 0 radical (unpaired) electrons. The van der Waals surface area contributed by atoms with Crippen molar-refractivity contribution in [1.29, 1.82) is 0 Å². The molecule has 0 spiro atoms. The molecular weight excluding hydrogens is 440 g/mol. The van der Waals surface area contributed by atoms with Gasteiger partial charge in [-0.25, -0.2) is 18.3 Å². The van der Waals surface area contributed by atoms with E-state index < -0.39 is 23.5 Å². The van der Waals surface area contributed by atoms with Gasteiger partial charge in [-0.1, -0.05) is 24.3 Å². The third-order valence-corrected chi connectivity index (χ3v) is 5.04. The highest BCUT2D eigenvalue weighted by molar-refractivity contribution is 6.04. The average molecular weight is 461 g/mol. The first-order chi connectivity index (χ1) is 16.4. The second kappa shape index (κ2) is 9.66. The van der Waals surface area contributed by atoms with Crippen LogP contribution in [0.5, 0.6) is 0 Å². The molecule has 1 N–H and O–H groups in total. The van der Waals surface area contributed by atoms with Crippen molar-refractivity contribution >= 4 is 17.6 Å². The number of ether oxygens (including phenoxy) is 1. The molecule has 0 aliphatic rings. The summed E-state index contributed by atoms with van der Waals surface area (Å²) in [5.74, 6) is -3.26. The van der Waals surface area contributed by atoms with E-state index in [-0.39, 0.29) is 17.9 Å². The lowest BCUT2D eigenvalue weighted by molar-refractivity contribution is 0.0519. The van der Waals surface area contributed by atoms with Crippen molar-refractivity contribution < 1.29 is 23.1 Å². The van der Waals surface area contributed by atoms with E-state index in [4.69, 9.17) is 4.74 Å². The van der Waals surface area contributed by atoms with Gasteiger partial charge in [0.15, 0.2) is 17.3 Å². The lowest BCUT2D eigenvalue weighted by atomic mass is 10.1. The zero-order valence-electron chi connectivity index (χ0n) is 18.5. The summed E-state index contributed by atoms with van der Waals surface area (Å²) < 4.78 is 33.4. The molecule has 34 heavy (non-hydrogen) atoms. The van der Waals surface area contributed by atoms with E-state index in [1.165, 1.54) is 6.07 Å². The fourth-order valence-corrected chi connectivity index (χ4v) is 3.44. The smallest absolute Gasteiger partial charge is 0.358 e. The Morgan fingerprint density at radius 1 is 0.971 bits per heavy atom. The second-order valence-electron chi connectivity index (χ2n) is 7.55. The molecule has 0 aliphatic heterocycles. The number of nitrogens with zero attached hydrogens (tertiary/aromatic N) is 2. The summed E-state index contributed by atoms with van der Waals surface area (Å²) in [7, 11) is 0. The summed E-state index contributed by atoms with van der Waals surface area (Å²) in [5.41, 5.74) is 3.62.